The lowest BCUT2D eigenvalue weighted by molar-refractivity contribution is -0.0453. The predicted octanol–water partition coefficient (Wildman–Crippen LogP) is 2.59. The van der Waals surface area contributed by atoms with Crippen molar-refractivity contribution in [2.75, 3.05) is 26.3 Å². The number of pyridine rings is 1. The smallest absolute Gasteiger partial charge is 0.168 e. The zero-order valence-corrected chi connectivity index (χ0v) is 13.3. The van der Waals surface area contributed by atoms with E-state index in [-0.39, 0.29) is 12.2 Å². The highest BCUT2D eigenvalue weighted by Gasteiger charge is 2.29. The molecule has 1 aliphatic rings. The van der Waals surface area contributed by atoms with Gasteiger partial charge in [-0.25, -0.2) is 0 Å². The first-order valence-corrected chi connectivity index (χ1v) is 8.00. The molecule has 5 heteroatoms. The van der Waals surface area contributed by atoms with E-state index in [9.17, 15) is 0 Å². The average molecular weight is 314 g/mol. The molecule has 2 heterocycles. The highest BCUT2D eigenvalue weighted by molar-refractivity contribution is 5.40. The van der Waals surface area contributed by atoms with E-state index < -0.39 is 0 Å². The zero-order chi connectivity index (χ0) is 15.9. The maximum absolute atomic E-state index is 6.27. The molecule has 1 fully saturated rings. The lowest BCUT2D eigenvalue weighted by Crippen LogP contribution is -2.43. The lowest BCUT2D eigenvalue weighted by Gasteiger charge is -2.31. The Bertz CT molecular complexity index is 600. The minimum absolute atomic E-state index is 0.0895. The molecule has 122 valence electrons. The first-order chi connectivity index (χ1) is 11.4. The third kappa shape index (κ3) is 4.00. The van der Waals surface area contributed by atoms with E-state index in [0.717, 1.165) is 24.5 Å². The second-order valence-electron chi connectivity index (χ2n) is 5.29. The number of para-hydroxylation sites is 2. The van der Waals surface area contributed by atoms with Crippen molar-refractivity contribution in [2.45, 2.75) is 19.1 Å². The van der Waals surface area contributed by atoms with Crippen LogP contribution in [0, 0.1) is 0 Å². The summed E-state index contributed by atoms with van der Waals surface area (Å²) in [4.78, 5) is 4.45. The van der Waals surface area contributed by atoms with Gasteiger partial charge in [-0.1, -0.05) is 18.2 Å². The van der Waals surface area contributed by atoms with Crippen molar-refractivity contribution in [1.82, 2.24) is 10.3 Å². The fraction of sp³-hybridized carbons (Fsp3) is 0.389. The van der Waals surface area contributed by atoms with Crippen molar-refractivity contribution >= 4 is 0 Å². The molecule has 1 saturated heterocycles. The second kappa shape index (κ2) is 7.94. The zero-order valence-electron chi connectivity index (χ0n) is 13.3. The van der Waals surface area contributed by atoms with Gasteiger partial charge in [0.05, 0.1) is 18.9 Å². The molecule has 0 aliphatic carbocycles. The van der Waals surface area contributed by atoms with Gasteiger partial charge >= 0.3 is 0 Å². The van der Waals surface area contributed by atoms with Crippen LogP contribution in [-0.2, 0) is 4.74 Å². The summed E-state index contributed by atoms with van der Waals surface area (Å²) in [6.45, 7) is 4.82. The van der Waals surface area contributed by atoms with Gasteiger partial charge in [-0.2, -0.15) is 0 Å². The summed E-state index contributed by atoms with van der Waals surface area (Å²) in [5.74, 6) is 1.44. The standard InChI is InChI=1S/C18H22N2O3/c1-2-21-15-8-3-4-9-16(15)23-18(14-7-5-6-10-20-14)17-13-19-11-12-22-17/h3-10,17-19H,2,11-13H2,1H3/t17-,18-/m0/s1. The fourth-order valence-corrected chi connectivity index (χ4v) is 2.61. The Morgan fingerprint density at radius 1 is 1.22 bits per heavy atom. The van der Waals surface area contributed by atoms with Crippen molar-refractivity contribution in [3.8, 4) is 11.5 Å². The number of nitrogens with zero attached hydrogens (tertiary/aromatic N) is 1. The van der Waals surface area contributed by atoms with Crippen LogP contribution in [0.25, 0.3) is 0 Å². The summed E-state index contributed by atoms with van der Waals surface area (Å²) < 4.78 is 17.8. The van der Waals surface area contributed by atoms with Gasteiger partial charge in [0.25, 0.3) is 0 Å². The van der Waals surface area contributed by atoms with Crippen LogP contribution < -0.4 is 14.8 Å². The molecule has 5 nitrogen and oxygen atoms in total. The van der Waals surface area contributed by atoms with Crippen LogP contribution in [0.2, 0.25) is 0 Å². The molecule has 23 heavy (non-hydrogen) atoms. The first kappa shape index (κ1) is 15.8. The fourth-order valence-electron chi connectivity index (χ4n) is 2.61. The minimum Gasteiger partial charge on any atom is -0.490 e. The number of morpholine rings is 1. The summed E-state index contributed by atoms with van der Waals surface area (Å²) >= 11 is 0. The molecule has 1 aromatic heterocycles. The summed E-state index contributed by atoms with van der Waals surface area (Å²) in [5.41, 5.74) is 0.854. The lowest BCUT2D eigenvalue weighted by atomic mass is 10.1. The quantitative estimate of drug-likeness (QED) is 0.888. The minimum atomic E-state index is -0.286. The van der Waals surface area contributed by atoms with Crippen LogP contribution >= 0.6 is 0 Å². The molecule has 2 aromatic rings. The summed E-state index contributed by atoms with van der Waals surface area (Å²) in [6, 6.07) is 13.5. The van der Waals surface area contributed by atoms with Crippen LogP contribution in [-0.4, -0.2) is 37.4 Å². The largest absolute Gasteiger partial charge is 0.490 e. The summed E-state index contributed by atoms with van der Waals surface area (Å²) in [5, 5.41) is 3.35. The highest BCUT2D eigenvalue weighted by atomic mass is 16.6. The molecular formula is C18H22N2O3. The van der Waals surface area contributed by atoms with Crippen molar-refractivity contribution in [2.24, 2.45) is 0 Å². The number of benzene rings is 1. The number of nitrogens with one attached hydrogen (secondary N) is 1. The number of aromatic nitrogens is 1. The monoisotopic (exact) mass is 314 g/mol. The Balaban J connectivity index is 1.86. The molecule has 2 atom stereocenters. The van der Waals surface area contributed by atoms with Gasteiger partial charge < -0.3 is 19.5 Å². The van der Waals surface area contributed by atoms with Gasteiger partial charge in [-0.3, -0.25) is 4.98 Å². The number of hydrogen-bond acceptors (Lipinski definition) is 5. The third-order valence-electron chi connectivity index (χ3n) is 3.68. The van der Waals surface area contributed by atoms with Crippen LogP contribution in [0.1, 0.15) is 18.7 Å². The molecule has 0 unspecified atom stereocenters. The topological polar surface area (TPSA) is 52.6 Å². The van der Waals surface area contributed by atoms with Gasteiger partial charge in [0.1, 0.15) is 6.10 Å². The van der Waals surface area contributed by atoms with Gasteiger partial charge in [0.15, 0.2) is 17.6 Å². The van der Waals surface area contributed by atoms with E-state index >= 15 is 0 Å². The predicted molar refractivity (Wildman–Crippen MR) is 87.8 cm³/mol. The molecule has 0 bridgehead atoms. The van der Waals surface area contributed by atoms with Crippen molar-refractivity contribution in [3.05, 3.63) is 54.4 Å². The molecule has 0 radical (unpaired) electrons. The Hall–Kier alpha value is -2.11. The van der Waals surface area contributed by atoms with Gasteiger partial charge in [-0.05, 0) is 31.2 Å². The molecule has 0 saturated carbocycles. The van der Waals surface area contributed by atoms with Crippen LogP contribution in [0.4, 0.5) is 0 Å². The average Bonchev–Trinajstić information content (AvgIpc) is 2.63. The number of rotatable bonds is 6. The van der Waals surface area contributed by atoms with E-state index in [1.807, 2.05) is 49.4 Å². The van der Waals surface area contributed by atoms with Crippen molar-refractivity contribution in [3.63, 3.8) is 0 Å². The van der Waals surface area contributed by atoms with Gasteiger partial charge in [-0.15, -0.1) is 0 Å². The summed E-state index contributed by atoms with van der Waals surface area (Å²) in [7, 11) is 0. The third-order valence-corrected chi connectivity index (χ3v) is 3.68. The van der Waals surface area contributed by atoms with E-state index in [1.165, 1.54) is 0 Å². The van der Waals surface area contributed by atoms with Crippen molar-refractivity contribution < 1.29 is 14.2 Å². The number of ether oxygens (including phenoxy) is 3. The Morgan fingerprint density at radius 2 is 2.04 bits per heavy atom. The van der Waals surface area contributed by atoms with Crippen molar-refractivity contribution in [1.29, 1.82) is 0 Å². The maximum Gasteiger partial charge on any atom is 0.168 e. The van der Waals surface area contributed by atoms with Gasteiger partial charge in [0, 0.05) is 19.3 Å². The SMILES string of the molecule is CCOc1ccccc1O[C@@H](c1ccccn1)[C@@H]1CNCCO1. The maximum atomic E-state index is 6.27. The van der Waals surface area contributed by atoms with E-state index in [0.29, 0.717) is 19.0 Å². The molecule has 1 N–H and O–H groups in total. The van der Waals surface area contributed by atoms with E-state index in [2.05, 4.69) is 10.3 Å². The second-order valence-corrected chi connectivity index (χ2v) is 5.29. The molecule has 0 spiro atoms. The van der Waals surface area contributed by atoms with Crippen LogP contribution in [0.5, 0.6) is 11.5 Å². The molecule has 1 aromatic carbocycles. The number of hydrogen-bond donors (Lipinski definition) is 1. The Labute approximate surface area is 136 Å². The van der Waals surface area contributed by atoms with Crippen LogP contribution in [0.3, 0.4) is 0 Å². The molecule has 3 rings (SSSR count). The normalized spacial score (nSPS) is 19.1. The van der Waals surface area contributed by atoms with E-state index in [4.69, 9.17) is 14.2 Å². The first-order valence-electron chi connectivity index (χ1n) is 8.00. The Kier molecular flexibility index (Phi) is 5.45. The molecular weight excluding hydrogens is 292 g/mol. The molecule has 0 amide bonds. The van der Waals surface area contributed by atoms with E-state index in [1.54, 1.807) is 6.20 Å². The summed E-state index contributed by atoms with van der Waals surface area (Å²) in [6.07, 6.45) is 1.40. The molecule has 1 aliphatic heterocycles. The van der Waals surface area contributed by atoms with Gasteiger partial charge in [0.2, 0.25) is 0 Å². The van der Waals surface area contributed by atoms with Crippen LogP contribution in [0.15, 0.2) is 48.7 Å². The highest BCUT2D eigenvalue weighted by Crippen LogP contribution is 2.33. The Morgan fingerprint density at radius 3 is 2.74 bits per heavy atom.